The quantitative estimate of drug-likeness (QED) is 0.704. The molecule has 106 valence electrons. The minimum atomic E-state index is -0.269. The third-order valence-electron chi connectivity index (χ3n) is 2.86. The number of hydrogen-bond donors (Lipinski definition) is 0. The third kappa shape index (κ3) is 2.70. The number of benzene rings is 1. The van der Waals surface area contributed by atoms with Crippen LogP contribution in [0.4, 0.5) is 10.8 Å². The van der Waals surface area contributed by atoms with Crippen LogP contribution in [0.15, 0.2) is 52.5 Å². The van der Waals surface area contributed by atoms with Gasteiger partial charge in [-0.05, 0) is 36.7 Å². The largest absolute Gasteiger partial charge is 0.452 e. The zero-order valence-electron chi connectivity index (χ0n) is 11.1. The molecule has 0 unspecified atom stereocenters. The maximum atomic E-state index is 12.8. The van der Waals surface area contributed by atoms with Gasteiger partial charge in [-0.15, -0.1) is 11.3 Å². The minimum Gasteiger partial charge on any atom is -0.452 e. The van der Waals surface area contributed by atoms with Crippen molar-refractivity contribution in [3.05, 3.63) is 64.5 Å². The summed E-state index contributed by atoms with van der Waals surface area (Å²) in [6, 6.07) is 10.9. The molecule has 0 radical (unpaired) electrons. The van der Waals surface area contributed by atoms with Crippen molar-refractivity contribution in [2.24, 2.45) is 0 Å². The second-order valence-corrected chi connectivity index (χ2v) is 5.54. The Morgan fingerprint density at radius 3 is 2.62 bits per heavy atom. The molecule has 0 aliphatic rings. The Bertz CT molecular complexity index is 767. The summed E-state index contributed by atoms with van der Waals surface area (Å²) in [5, 5.41) is 2.57. The lowest BCUT2D eigenvalue weighted by molar-refractivity contribution is 0.0999. The predicted molar refractivity (Wildman–Crippen MR) is 83.5 cm³/mol. The predicted octanol–water partition coefficient (Wildman–Crippen LogP) is 4.68. The minimum absolute atomic E-state index is 0.0780. The summed E-state index contributed by atoms with van der Waals surface area (Å²) in [7, 11) is 0. The highest BCUT2D eigenvalue weighted by molar-refractivity contribution is 7.14. The number of hydrogen-bond acceptors (Lipinski definition) is 4. The molecule has 2 heterocycles. The molecular weight excluding hydrogens is 308 g/mol. The number of anilines is 2. The first-order chi connectivity index (χ1) is 10.2. The van der Waals surface area contributed by atoms with Crippen molar-refractivity contribution in [1.29, 1.82) is 0 Å². The highest BCUT2D eigenvalue weighted by atomic mass is 35.5. The molecule has 0 saturated carbocycles. The number of furan rings is 1. The van der Waals surface area contributed by atoms with Gasteiger partial charge in [-0.2, -0.15) is 0 Å². The summed E-state index contributed by atoms with van der Waals surface area (Å²) in [5.41, 5.74) is 1.91. The lowest BCUT2D eigenvalue weighted by atomic mass is 10.2. The summed E-state index contributed by atoms with van der Waals surface area (Å²) in [4.78, 5) is 18.7. The summed E-state index contributed by atoms with van der Waals surface area (Å²) in [6.07, 6.45) is 1.39. The van der Waals surface area contributed by atoms with E-state index in [0.717, 1.165) is 11.4 Å². The van der Waals surface area contributed by atoms with Crippen molar-refractivity contribution in [3.8, 4) is 0 Å². The molecule has 1 amide bonds. The first-order valence-corrected chi connectivity index (χ1v) is 7.47. The van der Waals surface area contributed by atoms with Gasteiger partial charge in [0, 0.05) is 5.38 Å². The normalized spacial score (nSPS) is 10.6. The zero-order valence-corrected chi connectivity index (χ0v) is 12.7. The highest BCUT2D eigenvalue weighted by Crippen LogP contribution is 2.31. The SMILES string of the molecule is Cc1csc(N(C(=O)c2ccoc2Cl)c2ccccc2)n1. The smallest absolute Gasteiger partial charge is 0.269 e. The van der Waals surface area contributed by atoms with E-state index in [0.29, 0.717) is 10.7 Å². The first-order valence-electron chi connectivity index (χ1n) is 6.21. The molecule has 0 spiro atoms. The van der Waals surface area contributed by atoms with Crippen molar-refractivity contribution in [2.75, 3.05) is 4.90 Å². The van der Waals surface area contributed by atoms with Gasteiger partial charge in [0.15, 0.2) is 5.13 Å². The zero-order chi connectivity index (χ0) is 14.8. The van der Waals surface area contributed by atoms with Gasteiger partial charge < -0.3 is 4.42 Å². The fourth-order valence-electron chi connectivity index (χ4n) is 1.90. The second-order valence-electron chi connectivity index (χ2n) is 4.36. The Balaban J connectivity index is 2.09. The van der Waals surface area contributed by atoms with Crippen LogP contribution in [-0.2, 0) is 0 Å². The van der Waals surface area contributed by atoms with Crippen LogP contribution in [0.2, 0.25) is 5.22 Å². The van der Waals surface area contributed by atoms with Gasteiger partial charge in [0.1, 0.15) is 0 Å². The van der Waals surface area contributed by atoms with Crippen molar-refractivity contribution >= 4 is 39.7 Å². The van der Waals surface area contributed by atoms with E-state index in [-0.39, 0.29) is 11.1 Å². The molecule has 0 aliphatic carbocycles. The number of nitrogens with zero attached hydrogens (tertiary/aromatic N) is 2. The van der Waals surface area contributed by atoms with Crippen LogP contribution >= 0.6 is 22.9 Å². The molecule has 0 bridgehead atoms. The van der Waals surface area contributed by atoms with Crippen molar-refractivity contribution in [3.63, 3.8) is 0 Å². The number of para-hydroxylation sites is 1. The number of carbonyl (C=O) groups excluding carboxylic acids is 1. The molecule has 6 heteroatoms. The number of halogens is 1. The Morgan fingerprint density at radius 1 is 1.29 bits per heavy atom. The molecule has 0 saturated heterocycles. The Kier molecular flexibility index (Phi) is 3.77. The van der Waals surface area contributed by atoms with E-state index in [1.54, 1.807) is 6.07 Å². The van der Waals surface area contributed by atoms with Crippen LogP contribution in [0, 0.1) is 6.92 Å². The van der Waals surface area contributed by atoms with Gasteiger partial charge in [-0.25, -0.2) is 4.98 Å². The molecule has 3 aromatic rings. The fraction of sp³-hybridized carbons (Fsp3) is 0.0667. The molecule has 3 rings (SSSR count). The fourth-order valence-corrected chi connectivity index (χ4v) is 2.92. The number of aromatic nitrogens is 1. The molecular formula is C15H11ClN2O2S. The number of thiazole rings is 1. The lowest BCUT2D eigenvalue weighted by Gasteiger charge is -2.19. The van der Waals surface area contributed by atoms with Crippen LogP contribution < -0.4 is 4.90 Å². The maximum absolute atomic E-state index is 12.8. The van der Waals surface area contributed by atoms with Crippen LogP contribution in [0.1, 0.15) is 16.1 Å². The molecule has 0 fully saturated rings. The molecule has 0 aliphatic heterocycles. The van der Waals surface area contributed by atoms with E-state index in [9.17, 15) is 4.79 Å². The summed E-state index contributed by atoms with van der Waals surface area (Å²) in [6.45, 7) is 1.89. The van der Waals surface area contributed by atoms with Gasteiger partial charge in [0.05, 0.1) is 23.2 Å². The lowest BCUT2D eigenvalue weighted by Crippen LogP contribution is -2.25. The van der Waals surface area contributed by atoms with E-state index in [2.05, 4.69) is 4.98 Å². The van der Waals surface area contributed by atoms with Crippen molar-refractivity contribution in [1.82, 2.24) is 4.98 Å². The Labute approximate surface area is 130 Å². The maximum Gasteiger partial charge on any atom is 0.269 e. The molecule has 2 aromatic heterocycles. The van der Waals surface area contributed by atoms with Crippen molar-refractivity contribution < 1.29 is 9.21 Å². The second kappa shape index (κ2) is 5.71. The van der Waals surface area contributed by atoms with Gasteiger partial charge >= 0.3 is 0 Å². The molecule has 0 N–H and O–H groups in total. The average molecular weight is 319 g/mol. The average Bonchev–Trinajstić information content (AvgIpc) is 3.09. The number of carbonyl (C=O) groups is 1. The third-order valence-corrected chi connectivity index (χ3v) is 4.10. The van der Waals surface area contributed by atoms with E-state index < -0.39 is 0 Å². The van der Waals surface area contributed by atoms with E-state index in [1.807, 2.05) is 42.6 Å². The van der Waals surface area contributed by atoms with E-state index in [1.165, 1.54) is 22.5 Å². The highest BCUT2D eigenvalue weighted by Gasteiger charge is 2.25. The molecule has 4 nitrogen and oxygen atoms in total. The first kappa shape index (κ1) is 13.9. The van der Waals surface area contributed by atoms with Gasteiger partial charge in [-0.3, -0.25) is 9.69 Å². The summed E-state index contributed by atoms with van der Waals surface area (Å²) >= 11 is 7.33. The summed E-state index contributed by atoms with van der Waals surface area (Å²) in [5.74, 6) is -0.269. The van der Waals surface area contributed by atoms with E-state index >= 15 is 0 Å². The van der Waals surface area contributed by atoms with E-state index in [4.69, 9.17) is 16.0 Å². The van der Waals surface area contributed by atoms with Crippen molar-refractivity contribution in [2.45, 2.75) is 6.92 Å². The van der Waals surface area contributed by atoms with Gasteiger partial charge in [-0.1, -0.05) is 18.2 Å². The molecule has 0 atom stereocenters. The molecule has 1 aromatic carbocycles. The Morgan fingerprint density at radius 2 is 2.05 bits per heavy atom. The Hall–Kier alpha value is -2.11. The summed E-state index contributed by atoms with van der Waals surface area (Å²) < 4.78 is 5.01. The monoisotopic (exact) mass is 318 g/mol. The van der Waals surface area contributed by atoms with Crippen LogP contribution in [0.3, 0.4) is 0 Å². The number of rotatable bonds is 3. The number of aryl methyl sites for hydroxylation is 1. The van der Waals surface area contributed by atoms with Crippen LogP contribution in [0.25, 0.3) is 0 Å². The van der Waals surface area contributed by atoms with Crippen LogP contribution in [-0.4, -0.2) is 10.9 Å². The van der Waals surface area contributed by atoms with Crippen LogP contribution in [0.5, 0.6) is 0 Å². The van der Waals surface area contributed by atoms with Gasteiger partial charge in [0.2, 0.25) is 5.22 Å². The molecule has 21 heavy (non-hydrogen) atoms. The number of amides is 1. The van der Waals surface area contributed by atoms with Gasteiger partial charge in [0.25, 0.3) is 5.91 Å². The topological polar surface area (TPSA) is 46.3 Å². The standard InChI is InChI=1S/C15H11ClN2O2S/c1-10-9-21-15(17-10)18(11-5-3-2-4-6-11)14(19)12-7-8-20-13(12)16/h2-9H,1H3.